The summed E-state index contributed by atoms with van der Waals surface area (Å²) in [6, 6.07) is 8.78. The maximum Gasteiger partial charge on any atom is 0.115 e. The second-order valence-corrected chi connectivity index (χ2v) is 7.37. The number of hydrogen-bond donors (Lipinski definition) is 2. The quantitative estimate of drug-likeness (QED) is 0.892. The van der Waals surface area contributed by atoms with Crippen LogP contribution in [0, 0.1) is 5.41 Å². The molecule has 0 spiro atoms. The van der Waals surface area contributed by atoms with E-state index in [0.717, 1.165) is 19.6 Å². The molecule has 2 N–H and O–H groups in total. The van der Waals surface area contributed by atoms with Crippen molar-refractivity contribution < 1.29 is 5.11 Å². The Kier molecular flexibility index (Phi) is 5.28. The number of piperazine rings is 1. The van der Waals surface area contributed by atoms with Gasteiger partial charge in [-0.15, -0.1) is 0 Å². The van der Waals surface area contributed by atoms with Crippen LogP contribution in [-0.2, 0) is 6.54 Å². The summed E-state index contributed by atoms with van der Waals surface area (Å²) in [6.45, 7) is 12.3. The summed E-state index contributed by atoms with van der Waals surface area (Å²) in [7, 11) is 0. The minimum atomic E-state index is 0.282. The van der Waals surface area contributed by atoms with E-state index in [1.165, 1.54) is 18.4 Å². The second-order valence-electron chi connectivity index (χ2n) is 7.37. The molecule has 1 aromatic rings. The predicted molar refractivity (Wildman–Crippen MR) is 88.5 cm³/mol. The molecule has 3 heteroatoms. The highest BCUT2D eigenvalue weighted by molar-refractivity contribution is 5.26. The van der Waals surface area contributed by atoms with E-state index in [0.29, 0.717) is 17.8 Å². The molecule has 2 unspecified atom stereocenters. The molecule has 2 rings (SSSR count). The zero-order chi connectivity index (χ0) is 15.5. The van der Waals surface area contributed by atoms with Crippen LogP contribution < -0.4 is 5.32 Å². The summed E-state index contributed by atoms with van der Waals surface area (Å²) in [5.41, 5.74) is 1.56. The van der Waals surface area contributed by atoms with Crippen LogP contribution in [0.25, 0.3) is 0 Å². The Morgan fingerprint density at radius 3 is 2.48 bits per heavy atom. The van der Waals surface area contributed by atoms with E-state index >= 15 is 0 Å². The lowest BCUT2D eigenvalue weighted by atomic mass is 9.84. The lowest BCUT2D eigenvalue weighted by Gasteiger charge is -2.45. The normalized spacial score (nSPS) is 24.2. The fraction of sp³-hybridized carbons (Fsp3) is 0.667. The summed E-state index contributed by atoms with van der Waals surface area (Å²) in [5.74, 6) is 0.344. The fourth-order valence-corrected chi connectivity index (χ4v) is 3.08. The molecule has 1 aromatic carbocycles. The predicted octanol–water partition coefficient (Wildman–Crippen LogP) is 3.38. The zero-order valence-corrected chi connectivity index (χ0v) is 13.9. The van der Waals surface area contributed by atoms with Crippen molar-refractivity contribution in [1.29, 1.82) is 0 Å². The molecule has 2 atom stereocenters. The fourth-order valence-electron chi connectivity index (χ4n) is 3.08. The number of nitrogens with zero attached hydrogens (tertiary/aromatic N) is 1. The van der Waals surface area contributed by atoms with Crippen molar-refractivity contribution in [3.63, 3.8) is 0 Å². The maximum atomic E-state index is 9.42. The van der Waals surface area contributed by atoms with Crippen LogP contribution in [0.4, 0.5) is 0 Å². The Morgan fingerprint density at radius 2 is 1.90 bits per heavy atom. The Balaban J connectivity index is 2.08. The molecule has 1 aliphatic rings. The lowest BCUT2D eigenvalue weighted by molar-refractivity contribution is 0.0748. The topological polar surface area (TPSA) is 35.5 Å². The number of aromatic hydroxyl groups is 1. The van der Waals surface area contributed by atoms with Crippen molar-refractivity contribution in [3.8, 4) is 5.75 Å². The van der Waals surface area contributed by atoms with Gasteiger partial charge in [0.2, 0.25) is 0 Å². The van der Waals surface area contributed by atoms with Crippen molar-refractivity contribution in [2.24, 2.45) is 5.41 Å². The van der Waals surface area contributed by atoms with Crippen LogP contribution in [0.5, 0.6) is 5.75 Å². The van der Waals surface area contributed by atoms with Gasteiger partial charge in [0.15, 0.2) is 0 Å². The van der Waals surface area contributed by atoms with Gasteiger partial charge in [-0.1, -0.05) is 46.2 Å². The van der Waals surface area contributed by atoms with E-state index in [9.17, 15) is 5.11 Å². The van der Waals surface area contributed by atoms with Gasteiger partial charge in [0.1, 0.15) is 5.75 Å². The molecule has 0 amide bonds. The minimum absolute atomic E-state index is 0.282. The van der Waals surface area contributed by atoms with Gasteiger partial charge in [-0.05, 0) is 29.5 Å². The van der Waals surface area contributed by atoms with E-state index < -0.39 is 0 Å². The summed E-state index contributed by atoms with van der Waals surface area (Å²) in [4.78, 5) is 2.61. The monoisotopic (exact) mass is 290 g/mol. The van der Waals surface area contributed by atoms with Crippen LogP contribution in [-0.4, -0.2) is 35.2 Å². The van der Waals surface area contributed by atoms with Crippen molar-refractivity contribution in [2.45, 2.75) is 59.2 Å². The smallest absolute Gasteiger partial charge is 0.115 e. The van der Waals surface area contributed by atoms with Gasteiger partial charge < -0.3 is 10.4 Å². The van der Waals surface area contributed by atoms with Crippen LogP contribution in [0.15, 0.2) is 24.3 Å². The Bertz CT molecular complexity index is 436. The van der Waals surface area contributed by atoms with E-state index in [2.05, 4.69) is 37.9 Å². The first-order valence-corrected chi connectivity index (χ1v) is 8.15. The average molecular weight is 290 g/mol. The molecule has 0 bridgehead atoms. The highest BCUT2D eigenvalue weighted by Crippen LogP contribution is 2.26. The van der Waals surface area contributed by atoms with Gasteiger partial charge in [0.05, 0.1) is 0 Å². The van der Waals surface area contributed by atoms with Gasteiger partial charge in [0, 0.05) is 31.7 Å². The third kappa shape index (κ3) is 4.45. The molecule has 1 aliphatic heterocycles. The Hall–Kier alpha value is -1.06. The summed E-state index contributed by atoms with van der Waals surface area (Å²) in [6.07, 6.45) is 2.46. The molecule has 0 radical (unpaired) electrons. The van der Waals surface area contributed by atoms with Gasteiger partial charge >= 0.3 is 0 Å². The van der Waals surface area contributed by atoms with Crippen LogP contribution in [0.3, 0.4) is 0 Å². The van der Waals surface area contributed by atoms with Gasteiger partial charge in [-0.3, -0.25) is 4.90 Å². The summed E-state index contributed by atoms with van der Waals surface area (Å²) < 4.78 is 0. The number of phenolic OH excluding ortho intramolecular Hbond substituents is 1. The number of hydrogen-bond acceptors (Lipinski definition) is 3. The van der Waals surface area contributed by atoms with E-state index in [1.54, 1.807) is 12.1 Å². The standard InChI is InChI=1S/C18H30N2O/c1-5-6-15-11-19-17(18(2,3)4)13-20(15)12-14-7-9-16(21)10-8-14/h7-10,15,17,19,21H,5-6,11-13H2,1-4H3. The van der Waals surface area contributed by atoms with Gasteiger partial charge in [-0.25, -0.2) is 0 Å². The van der Waals surface area contributed by atoms with Crippen LogP contribution >= 0.6 is 0 Å². The first-order chi connectivity index (χ1) is 9.90. The van der Waals surface area contributed by atoms with E-state index in [-0.39, 0.29) is 5.41 Å². The van der Waals surface area contributed by atoms with Crippen molar-refractivity contribution >= 4 is 0 Å². The first-order valence-electron chi connectivity index (χ1n) is 8.15. The highest BCUT2D eigenvalue weighted by Gasteiger charge is 2.33. The van der Waals surface area contributed by atoms with E-state index in [4.69, 9.17) is 0 Å². The molecule has 1 fully saturated rings. The maximum absolute atomic E-state index is 9.42. The summed E-state index contributed by atoms with van der Waals surface area (Å²) >= 11 is 0. The molecule has 0 aliphatic carbocycles. The number of phenols is 1. The largest absolute Gasteiger partial charge is 0.508 e. The van der Waals surface area contributed by atoms with Gasteiger partial charge in [-0.2, -0.15) is 0 Å². The molecule has 21 heavy (non-hydrogen) atoms. The van der Waals surface area contributed by atoms with Crippen LogP contribution in [0.1, 0.15) is 46.1 Å². The lowest BCUT2D eigenvalue weighted by Crippen LogP contribution is -2.59. The van der Waals surface area contributed by atoms with Crippen molar-refractivity contribution in [1.82, 2.24) is 10.2 Å². The molecule has 0 saturated carbocycles. The van der Waals surface area contributed by atoms with Crippen molar-refractivity contribution in [3.05, 3.63) is 29.8 Å². The Labute approximate surface area is 129 Å². The molecule has 1 heterocycles. The number of rotatable bonds is 4. The number of nitrogens with one attached hydrogen (secondary N) is 1. The molecule has 3 nitrogen and oxygen atoms in total. The van der Waals surface area contributed by atoms with Crippen LogP contribution in [0.2, 0.25) is 0 Å². The van der Waals surface area contributed by atoms with Crippen molar-refractivity contribution in [2.75, 3.05) is 13.1 Å². The summed E-state index contributed by atoms with van der Waals surface area (Å²) in [5, 5.41) is 13.2. The molecule has 118 valence electrons. The van der Waals surface area contributed by atoms with E-state index in [1.807, 2.05) is 12.1 Å². The highest BCUT2D eigenvalue weighted by atomic mass is 16.3. The Morgan fingerprint density at radius 1 is 1.24 bits per heavy atom. The third-order valence-corrected chi connectivity index (χ3v) is 4.52. The second kappa shape index (κ2) is 6.80. The molecule has 1 saturated heterocycles. The van der Waals surface area contributed by atoms with Gasteiger partial charge in [0.25, 0.3) is 0 Å². The first kappa shape index (κ1) is 16.3. The molecular weight excluding hydrogens is 260 g/mol. The average Bonchev–Trinajstić information content (AvgIpc) is 2.42. The SMILES string of the molecule is CCCC1CNC(C(C)(C)C)CN1Cc1ccc(O)cc1. The zero-order valence-electron chi connectivity index (χ0n) is 13.9. The molecular formula is C18H30N2O. The third-order valence-electron chi connectivity index (χ3n) is 4.52. The minimum Gasteiger partial charge on any atom is -0.508 e. The molecule has 0 aromatic heterocycles. The number of benzene rings is 1.